The minimum atomic E-state index is -2.03. The second kappa shape index (κ2) is 10.0. The molecule has 3 heterocycles. The van der Waals surface area contributed by atoms with Crippen LogP contribution in [0, 0.1) is 18.3 Å². The molecular formula is C27H35BN7O2Si. The predicted molar refractivity (Wildman–Crippen MR) is 154 cm³/mol. The van der Waals surface area contributed by atoms with Gasteiger partial charge in [-0.2, -0.15) is 10.4 Å². The number of carbonyl (C=O) groups excluding carboxylic acids is 1. The molecule has 2 aromatic heterocycles. The van der Waals surface area contributed by atoms with E-state index < -0.39 is 13.7 Å². The third kappa shape index (κ3) is 5.24. The van der Waals surface area contributed by atoms with Crippen LogP contribution in [-0.2, 0) is 21.7 Å². The lowest BCUT2D eigenvalue weighted by Gasteiger charge is -2.39. The monoisotopic (exact) mass is 528 g/mol. The van der Waals surface area contributed by atoms with Crippen molar-refractivity contribution in [3.8, 4) is 17.3 Å². The number of nitrogens with zero attached hydrogens (tertiary/aromatic N) is 6. The molecule has 0 amide bonds. The number of fused-ring (bicyclic) bond motifs is 1. The Labute approximate surface area is 226 Å². The van der Waals surface area contributed by atoms with Gasteiger partial charge in [0.1, 0.15) is 12.3 Å². The van der Waals surface area contributed by atoms with Crippen LogP contribution in [0.25, 0.3) is 11.3 Å². The lowest BCUT2D eigenvalue weighted by atomic mass is 9.83. The molecule has 1 atom stereocenters. The van der Waals surface area contributed by atoms with E-state index in [2.05, 4.69) is 68.3 Å². The molecule has 0 bridgehead atoms. The molecule has 0 saturated heterocycles. The summed E-state index contributed by atoms with van der Waals surface area (Å²) in [6, 6.07) is 8.08. The number of hydrogen-bond acceptors (Lipinski definition) is 8. The summed E-state index contributed by atoms with van der Waals surface area (Å²) in [5.74, 6) is 0.442. The third-order valence-electron chi connectivity index (χ3n) is 7.70. The Morgan fingerprint density at radius 2 is 2.08 bits per heavy atom. The molecule has 1 aliphatic heterocycles. The standard InChI is InChI=1S/C27H35BN7O2Si/c1-18-23(14-34(6)33-18)32-25-30-10-9-22(31-25)19-11-20(13-29)24-21(12-19)27(5,15-35(24)28-17-36)16-37-38(7,8)26(2,3)4/h9-12,14,17H,15-16H2,1-8H3,(H,30,31,32). The second-order valence-corrected chi connectivity index (χ2v) is 16.6. The molecule has 3 aromatic rings. The Morgan fingerprint density at radius 3 is 2.68 bits per heavy atom. The lowest BCUT2D eigenvalue weighted by Crippen LogP contribution is -2.46. The summed E-state index contributed by atoms with van der Waals surface area (Å²) in [6.45, 7) is 16.2. The molecule has 1 N–H and O–H groups in total. The van der Waals surface area contributed by atoms with E-state index in [0.29, 0.717) is 30.4 Å². The van der Waals surface area contributed by atoms with E-state index >= 15 is 0 Å². The quantitative estimate of drug-likeness (QED) is 0.331. The van der Waals surface area contributed by atoms with E-state index in [9.17, 15) is 10.1 Å². The van der Waals surface area contributed by atoms with Crippen molar-refractivity contribution in [2.45, 2.75) is 58.2 Å². The number of nitrogens with one attached hydrogen (secondary N) is 1. The van der Waals surface area contributed by atoms with Gasteiger partial charge >= 0.3 is 7.41 Å². The number of benzene rings is 1. The van der Waals surface area contributed by atoms with Crippen LogP contribution in [0.1, 0.15) is 44.5 Å². The van der Waals surface area contributed by atoms with Crippen molar-refractivity contribution < 1.29 is 9.22 Å². The van der Waals surface area contributed by atoms with Crippen LogP contribution in [0.5, 0.6) is 0 Å². The van der Waals surface area contributed by atoms with E-state index in [1.54, 1.807) is 10.9 Å². The maximum atomic E-state index is 11.5. The molecular weight excluding hydrogens is 493 g/mol. The molecule has 11 heteroatoms. The van der Waals surface area contributed by atoms with Gasteiger partial charge < -0.3 is 19.3 Å². The number of rotatable bonds is 8. The normalized spacial score (nSPS) is 17.2. The number of nitriles is 1. The number of aryl methyl sites for hydroxylation is 2. The van der Waals surface area contributed by atoms with Crippen molar-refractivity contribution in [1.29, 1.82) is 5.26 Å². The molecule has 9 nitrogen and oxygen atoms in total. The van der Waals surface area contributed by atoms with Gasteiger partial charge in [-0.1, -0.05) is 27.7 Å². The number of carbonyl (C=O) groups is 1. The van der Waals surface area contributed by atoms with Crippen LogP contribution in [0.15, 0.2) is 30.6 Å². The summed E-state index contributed by atoms with van der Waals surface area (Å²) in [6.07, 6.45) is 4.34. The zero-order chi connectivity index (χ0) is 27.9. The second-order valence-electron chi connectivity index (χ2n) is 11.7. The average molecular weight is 529 g/mol. The lowest BCUT2D eigenvalue weighted by molar-refractivity contribution is 0.219. The van der Waals surface area contributed by atoms with Crippen molar-refractivity contribution in [3.63, 3.8) is 0 Å². The Bertz CT molecular complexity index is 1410. The summed E-state index contributed by atoms with van der Waals surface area (Å²) >= 11 is 0. The fourth-order valence-electron chi connectivity index (χ4n) is 4.48. The van der Waals surface area contributed by atoms with E-state index in [1.807, 2.05) is 37.1 Å². The summed E-state index contributed by atoms with van der Waals surface area (Å²) < 4.78 is 8.40. The molecule has 4 rings (SSSR count). The van der Waals surface area contributed by atoms with Gasteiger partial charge in [0, 0.05) is 49.3 Å². The highest BCUT2D eigenvalue weighted by molar-refractivity contribution is 6.74. The molecule has 0 aliphatic carbocycles. The summed E-state index contributed by atoms with van der Waals surface area (Å²) in [5.41, 5.74) is 4.95. The van der Waals surface area contributed by atoms with Gasteiger partial charge in [0.25, 0.3) is 0 Å². The molecule has 1 aromatic carbocycles. The van der Waals surface area contributed by atoms with Crippen LogP contribution in [0.4, 0.5) is 17.3 Å². The largest absolute Gasteiger partial charge is 0.416 e. The number of aromatic nitrogens is 4. The zero-order valence-electron chi connectivity index (χ0n) is 23.5. The van der Waals surface area contributed by atoms with Crippen molar-refractivity contribution in [2.24, 2.45) is 7.05 Å². The fourth-order valence-corrected chi connectivity index (χ4v) is 5.59. The first-order chi connectivity index (χ1) is 17.8. The summed E-state index contributed by atoms with van der Waals surface area (Å²) in [5, 5.41) is 17.8. The molecule has 0 saturated carbocycles. The molecule has 1 aliphatic rings. The summed E-state index contributed by atoms with van der Waals surface area (Å²) in [7, 11) is 1.33. The molecule has 197 valence electrons. The van der Waals surface area contributed by atoms with Gasteiger partial charge in [0.15, 0.2) is 8.32 Å². The van der Waals surface area contributed by atoms with Crippen molar-refractivity contribution >= 4 is 39.2 Å². The Morgan fingerprint density at radius 1 is 1.34 bits per heavy atom. The summed E-state index contributed by atoms with van der Waals surface area (Å²) in [4.78, 5) is 22.5. The van der Waals surface area contributed by atoms with E-state index in [0.717, 1.165) is 34.4 Å². The van der Waals surface area contributed by atoms with Crippen LogP contribution < -0.4 is 10.1 Å². The van der Waals surface area contributed by atoms with Crippen LogP contribution >= 0.6 is 0 Å². The van der Waals surface area contributed by atoms with Gasteiger partial charge in [-0.25, -0.2) is 9.97 Å². The first-order valence-corrected chi connectivity index (χ1v) is 15.6. The molecule has 38 heavy (non-hydrogen) atoms. The van der Waals surface area contributed by atoms with Crippen molar-refractivity contribution in [1.82, 2.24) is 19.7 Å². The predicted octanol–water partition coefficient (Wildman–Crippen LogP) is 4.71. The maximum absolute atomic E-state index is 11.5. The first-order valence-electron chi connectivity index (χ1n) is 12.7. The van der Waals surface area contributed by atoms with E-state index in [4.69, 9.17) is 9.41 Å². The van der Waals surface area contributed by atoms with Gasteiger partial charge in [0.2, 0.25) is 5.95 Å². The minimum Gasteiger partial charge on any atom is -0.416 e. The minimum absolute atomic E-state index is 0.0655. The average Bonchev–Trinajstić information content (AvgIpc) is 3.32. The van der Waals surface area contributed by atoms with Gasteiger partial charge in [-0.05, 0) is 48.8 Å². The SMILES string of the molecule is Cc1nn(C)cc1Nc1nccc(-c2cc(C#N)c3c(c2)C(C)(CO[Si](C)(C)C(C)(C)C)CN3[B]C=O)n1. The maximum Gasteiger partial charge on any atom is 0.329 e. The highest BCUT2D eigenvalue weighted by atomic mass is 28.4. The Balaban J connectivity index is 1.75. The Hall–Kier alpha value is -3.49. The molecule has 1 unspecified atom stereocenters. The highest BCUT2D eigenvalue weighted by Gasteiger charge is 2.44. The van der Waals surface area contributed by atoms with Crippen LogP contribution in [0.3, 0.4) is 0 Å². The van der Waals surface area contributed by atoms with Crippen LogP contribution in [0.2, 0.25) is 18.1 Å². The van der Waals surface area contributed by atoms with E-state index in [-0.39, 0.29) is 5.04 Å². The fraction of sp³-hybridized carbons (Fsp3) is 0.444. The molecule has 1 radical (unpaired) electrons. The smallest absolute Gasteiger partial charge is 0.329 e. The zero-order valence-corrected chi connectivity index (χ0v) is 24.5. The van der Waals surface area contributed by atoms with Crippen molar-refractivity contribution in [3.05, 3.63) is 47.4 Å². The van der Waals surface area contributed by atoms with Crippen LogP contribution in [-0.4, -0.2) is 54.8 Å². The number of hydrogen-bond donors (Lipinski definition) is 1. The topological polar surface area (TPSA) is 109 Å². The highest BCUT2D eigenvalue weighted by Crippen LogP contribution is 2.46. The van der Waals surface area contributed by atoms with Gasteiger partial charge in [-0.3, -0.25) is 4.68 Å². The molecule has 0 fully saturated rings. The number of anilines is 3. The molecule has 0 spiro atoms. The first kappa shape index (κ1) is 27.5. The third-order valence-corrected chi connectivity index (χ3v) is 12.2. The van der Waals surface area contributed by atoms with Crippen molar-refractivity contribution in [2.75, 3.05) is 23.3 Å². The van der Waals surface area contributed by atoms with Gasteiger partial charge in [-0.15, -0.1) is 0 Å². The van der Waals surface area contributed by atoms with Gasteiger partial charge in [0.05, 0.1) is 22.6 Å². The van der Waals surface area contributed by atoms with E-state index in [1.165, 1.54) is 7.41 Å². The Kier molecular flexibility index (Phi) is 7.25.